The van der Waals surface area contributed by atoms with Crippen LogP contribution in [-0.2, 0) is 17.8 Å². The predicted octanol–water partition coefficient (Wildman–Crippen LogP) is 2.67. The molecule has 110 valence electrons. The molecule has 2 aromatic rings. The first-order valence-electron chi connectivity index (χ1n) is 6.58. The number of hydrogen-bond acceptors (Lipinski definition) is 2. The second-order valence-electron chi connectivity index (χ2n) is 4.73. The van der Waals surface area contributed by atoms with Crippen molar-refractivity contribution in [3.63, 3.8) is 0 Å². The maximum Gasteiger partial charge on any atom is 0.237 e. The van der Waals surface area contributed by atoms with E-state index in [4.69, 9.17) is 17.3 Å². The Kier molecular flexibility index (Phi) is 5.31. The summed E-state index contributed by atoms with van der Waals surface area (Å²) in [6.07, 6.45) is 0.435. The zero-order chi connectivity index (χ0) is 15.2. The van der Waals surface area contributed by atoms with Crippen LogP contribution in [0, 0.1) is 5.82 Å². The minimum absolute atomic E-state index is 0.0373. The number of carbonyl (C=O) groups excluding carboxylic acids is 1. The van der Waals surface area contributed by atoms with Gasteiger partial charge < -0.3 is 11.1 Å². The molecule has 2 rings (SSSR count). The summed E-state index contributed by atoms with van der Waals surface area (Å²) in [7, 11) is 0. The van der Waals surface area contributed by atoms with E-state index in [0.717, 1.165) is 5.56 Å². The molecule has 0 aliphatic carbocycles. The highest BCUT2D eigenvalue weighted by Crippen LogP contribution is 2.17. The molecule has 5 heteroatoms. The van der Waals surface area contributed by atoms with Crippen LogP contribution in [0.1, 0.15) is 11.1 Å². The molecule has 0 spiro atoms. The number of nitrogens with one attached hydrogen (secondary N) is 1. The standard InChI is InChI=1S/C16H16ClFN2O/c17-13-8-4-7-12(15(13)18)10-20-16(21)14(19)9-11-5-2-1-3-6-11/h1-8,14H,9-10,19H2,(H,20,21)/t14-/m0/s1. The number of rotatable bonds is 5. The van der Waals surface area contributed by atoms with E-state index in [1.165, 1.54) is 6.07 Å². The Bertz CT molecular complexity index is 619. The third kappa shape index (κ3) is 4.28. The molecular formula is C16H16ClFN2O. The second-order valence-corrected chi connectivity index (χ2v) is 5.13. The van der Waals surface area contributed by atoms with E-state index >= 15 is 0 Å². The van der Waals surface area contributed by atoms with E-state index in [1.807, 2.05) is 30.3 Å². The van der Waals surface area contributed by atoms with Crippen LogP contribution in [0.4, 0.5) is 4.39 Å². The largest absolute Gasteiger partial charge is 0.351 e. The number of amides is 1. The van der Waals surface area contributed by atoms with Crippen LogP contribution in [0.15, 0.2) is 48.5 Å². The lowest BCUT2D eigenvalue weighted by atomic mass is 10.1. The lowest BCUT2D eigenvalue weighted by molar-refractivity contribution is -0.122. The van der Waals surface area contributed by atoms with Crippen molar-refractivity contribution < 1.29 is 9.18 Å². The number of carbonyl (C=O) groups is 1. The lowest BCUT2D eigenvalue weighted by Crippen LogP contribution is -2.41. The fourth-order valence-corrected chi connectivity index (χ4v) is 2.15. The van der Waals surface area contributed by atoms with Gasteiger partial charge in [0.15, 0.2) is 0 Å². The molecule has 0 saturated carbocycles. The van der Waals surface area contributed by atoms with Gasteiger partial charge in [-0.1, -0.05) is 54.1 Å². The van der Waals surface area contributed by atoms with Gasteiger partial charge in [-0.25, -0.2) is 4.39 Å². The fraction of sp³-hybridized carbons (Fsp3) is 0.188. The van der Waals surface area contributed by atoms with E-state index in [-0.39, 0.29) is 17.5 Å². The first-order valence-corrected chi connectivity index (χ1v) is 6.96. The van der Waals surface area contributed by atoms with Crippen LogP contribution in [0.2, 0.25) is 5.02 Å². The molecule has 0 unspecified atom stereocenters. The van der Waals surface area contributed by atoms with Gasteiger partial charge in [-0.3, -0.25) is 4.79 Å². The molecule has 0 bridgehead atoms. The van der Waals surface area contributed by atoms with Crippen molar-refractivity contribution in [2.45, 2.75) is 19.0 Å². The van der Waals surface area contributed by atoms with Gasteiger partial charge in [0, 0.05) is 12.1 Å². The second kappa shape index (κ2) is 7.20. The zero-order valence-corrected chi connectivity index (χ0v) is 12.1. The summed E-state index contributed by atoms with van der Waals surface area (Å²) in [5, 5.41) is 2.66. The molecule has 3 nitrogen and oxygen atoms in total. The molecule has 0 saturated heterocycles. The molecule has 1 atom stereocenters. The van der Waals surface area contributed by atoms with Crippen molar-refractivity contribution in [1.82, 2.24) is 5.32 Å². The van der Waals surface area contributed by atoms with Gasteiger partial charge in [0.2, 0.25) is 5.91 Å². The molecule has 21 heavy (non-hydrogen) atoms. The summed E-state index contributed by atoms with van der Waals surface area (Å²) in [4.78, 5) is 11.9. The number of halogens is 2. The average molecular weight is 307 g/mol. The van der Waals surface area contributed by atoms with Crippen LogP contribution in [0.25, 0.3) is 0 Å². The zero-order valence-electron chi connectivity index (χ0n) is 11.4. The van der Waals surface area contributed by atoms with Crippen molar-refractivity contribution in [3.05, 3.63) is 70.5 Å². The normalized spacial score (nSPS) is 12.0. The van der Waals surface area contributed by atoms with Gasteiger partial charge in [0.05, 0.1) is 11.1 Å². The summed E-state index contributed by atoms with van der Waals surface area (Å²) in [6, 6.07) is 13.5. The smallest absolute Gasteiger partial charge is 0.237 e. The number of hydrogen-bond donors (Lipinski definition) is 2. The molecular weight excluding hydrogens is 291 g/mol. The van der Waals surface area contributed by atoms with Crippen LogP contribution in [0.5, 0.6) is 0 Å². The van der Waals surface area contributed by atoms with Gasteiger partial charge in [0.1, 0.15) is 5.82 Å². The quantitative estimate of drug-likeness (QED) is 0.892. The van der Waals surface area contributed by atoms with E-state index < -0.39 is 11.9 Å². The highest BCUT2D eigenvalue weighted by molar-refractivity contribution is 6.30. The van der Waals surface area contributed by atoms with Crippen LogP contribution < -0.4 is 11.1 Å². The van der Waals surface area contributed by atoms with Crippen LogP contribution in [-0.4, -0.2) is 11.9 Å². The summed E-state index contributed by atoms with van der Waals surface area (Å²) < 4.78 is 13.7. The molecule has 0 heterocycles. The minimum Gasteiger partial charge on any atom is -0.351 e. The number of nitrogens with two attached hydrogens (primary N) is 1. The van der Waals surface area contributed by atoms with E-state index in [1.54, 1.807) is 12.1 Å². The maximum atomic E-state index is 13.7. The first-order chi connectivity index (χ1) is 10.1. The Morgan fingerprint density at radius 3 is 2.62 bits per heavy atom. The topological polar surface area (TPSA) is 55.1 Å². The van der Waals surface area contributed by atoms with Crippen molar-refractivity contribution in [1.29, 1.82) is 0 Å². The molecule has 0 fully saturated rings. The van der Waals surface area contributed by atoms with Crippen molar-refractivity contribution >= 4 is 17.5 Å². The lowest BCUT2D eigenvalue weighted by Gasteiger charge is -2.13. The maximum absolute atomic E-state index is 13.7. The molecule has 3 N–H and O–H groups in total. The first kappa shape index (κ1) is 15.5. The number of benzene rings is 2. The SMILES string of the molecule is N[C@@H](Cc1ccccc1)C(=O)NCc1cccc(Cl)c1F. The Hall–Kier alpha value is -1.91. The van der Waals surface area contributed by atoms with E-state index in [2.05, 4.69) is 5.32 Å². The summed E-state index contributed by atoms with van der Waals surface area (Å²) in [5.41, 5.74) is 7.17. The molecule has 0 radical (unpaired) electrons. The van der Waals surface area contributed by atoms with Crippen LogP contribution in [0.3, 0.4) is 0 Å². The van der Waals surface area contributed by atoms with Crippen molar-refractivity contribution in [2.24, 2.45) is 5.73 Å². The minimum atomic E-state index is -0.672. The van der Waals surface area contributed by atoms with Gasteiger partial charge in [-0.05, 0) is 18.1 Å². The van der Waals surface area contributed by atoms with Crippen molar-refractivity contribution in [2.75, 3.05) is 0 Å². The summed E-state index contributed by atoms with van der Waals surface area (Å²) in [6.45, 7) is 0.0632. The van der Waals surface area contributed by atoms with Gasteiger partial charge >= 0.3 is 0 Å². The third-order valence-corrected chi connectivity index (χ3v) is 3.41. The monoisotopic (exact) mass is 306 g/mol. The Labute approximate surface area is 127 Å². The van der Waals surface area contributed by atoms with Crippen molar-refractivity contribution in [3.8, 4) is 0 Å². The molecule has 0 aromatic heterocycles. The molecule has 0 aliphatic rings. The highest BCUT2D eigenvalue weighted by Gasteiger charge is 2.14. The fourth-order valence-electron chi connectivity index (χ4n) is 1.96. The van der Waals surface area contributed by atoms with Gasteiger partial charge in [-0.2, -0.15) is 0 Å². The Morgan fingerprint density at radius 2 is 1.90 bits per heavy atom. The van der Waals surface area contributed by atoms with E-state index in [0.29, 0.717) is 12.0 Å². The summed E-state index contributed by atoms with van der Waals surface area (Å²) >= 11 is 5.69. The third-order valence-electron chi connectivity index (χ3n) is 3.12. The molecule has 0 aliphatic heterocycles. The van der Waals surface area contributed by atoms with Gasteiger partial charge in [0.25, 0.3) is 0 Å². The Balaban J connectivity index is 1.91. The molecule has 2 aromatic carbocycles. The van der Waals surface area contributed by atoms with Crippen LogP contribution >= 0.6 is 11.6 Å². The highest BCUT2D eigenvalue weighted by atomic mass is 35.5. The Morgan fingerprint density at radius 1 is 1.19 bits per heavy atom. The van der Waals surface area contributed by atoms with Gasteiger partial charge in [-0.15, -0.1) is 0 Å². The summed E-state index contributed by atoms with van der Waals surface area (Å²) in [5.74, 6) is -0.839. The molecule has 1 amide bonds. The average Bonchev–Trinajstić information content (AvgIpc) is 2.49. The van der Waals surface area contributed by atoms with E-state index in [9.17, 15) is 9.18 Å². The predicted molar refractivity (Wildman–Crippen MR) is 81.4 cm³/mol.